The Morgan fingerprint density at radius 3 is 2.19 bits per heavy atom. The van der Waals surface area contributed by atoms with Crippen LogP contribution in [0, 0.1) is 0 Å². The molecule has 0 saturated carbocycles. The van der Waals surface area contributed by atoms with E-state index in [1.807, 2.05) is 44.4 Å². The molecule has 0 aliphatic heterocycles. The summed E-state index contributed by atoms with van der Waals surface area (Å²) < 4.78 is 0. The van der Waals surface area contributed by atoms with E-state index in [0.29, 0.717) is 31.5 Å². The molecular weight excluding hydrogens is 326 g/mol. The summed E-state index contributed by atoms with van der Waals surface area (Å²) in [5.74, 6) is -0.111. The van der Waals surface area contributed by atoms with Crippen molar-refractivity contribution in [3.05, 3.63) is 71.3 Å². The van der Waals surface area contributed by atoms with Gasteiger partial charge in [0.2, 0.25) is 5.91 Å². The molecule has 2 N–H and O–H groups in total. The maximum atomic E-state index is 11.9. The molecule has 0 aliphatic rings. The number of hydrogen-bond donors (Lipinski definition) is 2. The van der Waals surface area contributed by atoms with Gasteiger partial charge >= 0.3 is 0 Å². The van der Waals surface area contributed by atoms with Crippen LogP contribution in [0.4, 0.5) is 0 Å². The van der Waals surface area contributed by atoms with Gasteiger partial charge in [-0.2, -0.15) is 0 Å². The molecule has 0 spiro atoms. The standard InChI is InChI=1S/C21H27N3O2/c1-24(2)16-18-12-10-17(11-13-18)15-23-20(25)9-6-14-22-21(26)19-7-4-3-5-8-19/h3-5,7-8,10-13H,6,9,14-16H2,1-2H3,(H,22,26)(H,23,25). The largest absolute Gasteiger partial charge is 0.352 e. The molecule has 0 atom stereocenters. The first kappa shape index (κ1) is 19.7. The second kappa shape index (κ2) is 10.4. The quantitative estimate of drug-likeness (QED) is 0.681. The zero-order valence-corrected chi connectivity index (χ0v) is 15.5. The normalized spacial score (nSPS) is 10.6. The molecule has 0 saturated heterocycles. The minimum absolute atomic E-state index is 0.00340. The van der Waals surface area contributed by atoms with Crippen LogP contribution in [0.1, 0.15) is 34.3 Å². The number of carbonyl (C=O) groups is 2. The number of nitrogens with zero attached hydrogens (tertiary/aromatic N) is 1. The molecule has 0 heterocycles. The van der Waals surface area contributed by atoms with Gasteiger partial charge in [-0.25, -0.2) is 0 Å². The molecule has 0 aliphatic carbocycles. The van der Waals surface area contributed by atoms with Crippen LogP contribution in [0.5, 0.6) is 0 Å². The smallest absolute Gasteiger partial charge is 0.251 e. The predicted octanol–water partition coefficient (Wildman–Crippen LogP) is 2.57. The summed E-state index contributed by atoms with van der Waals surface area (Å²) in [6, 6.07) is 17.3. The average Bonchev–Trinajstić information content (AvgIpc) is 2.65. The van der Waals surface area contributed by atoms with Gasteiger partial charge < -0.3 is 15.5 Å². The first-order valence-electron chi connectivity index (χ1n) is 8.87. The topological polar surface area (TPSA) is 61.4 Å². The molecule has 0 fully saturated rings. The van der Waals surface area contributed by atoms with Crippen LogP contribution >= 0.6 is 0 Å². The third kappa shape index (κ3) is 7.07. The van der Waals surface area contributed by atoms with E-state index in [9.17, 15) is 9.59 Å². The van der Waals surface area contributed by atoms with Crippen molar-refractivity contribution in [2.75, 3.05) is 20.6 Å². The summed E-state index contributed by atoms with van der Waals surface area (Å²) in [5.41, 5.74) is 2.96. The lowest BCUT2D eigenvalue weighted by atomic mass is 10.1. The molecule has 26 heavy (non-hydrogen) atoms. The molecule has 2 aromatic rings. The second-order valence-electron chi connectivity index (χ2n) is 6.56. The van der Waals surface area contributed by atoms with Crippen LogP contribution in [0.2, 0.25) is 0 Å². The van der Waals surface area contributed by atoms with Crippen molar-refractivity contribution in [2.45, 2.75) is 25.9 Å². The van der Waals surface area contributed by atoms with Crippen LogP contribution in [0.15, 0.2) is 54.6 Å². The van der Waals surface area contributed by atoms with E-state index < -0.39 is 0 Å². The number of amides is 2. The zero-order valence-electron chi connectivity index (χ0n) is 15.5. The average molecular weight is 353 g/mol. The SMILES string of the molecule is CN(C)Cc1ccc(CNC(=O)CCCNC(=O)c2ccccc2)cc1. The second-order valence-corrected chi connectivity index (χ2v) is 6.56. The maximum Gasteiger partial charge on any atom is 0.251 e. The van der Waals surface area contributed by atoms with Crippen LogP contribution < -0.4 is 10.6 Å². The van der Waals surface area contributed by atoms with Crippen LogP contribution in [-0.4, -0.2) is 37.4 Å². The lowest BCUT2D eigenvalue weighted by Gasteiger charge is -2.10. The summed E-state index contributed by atoms with van der Waals surface area (Å²) in [4.78, 5) is 25.9. The van der Waals surface area contributed by atoms with Gasteiger partial charge in [-0.15, -0.1) is 0 Å². The summed E-state index contributed by atoms with van der Waals surface area (Å²) in [7, 11) is 4.08. The molecule has 5 nitrogen and oxygen atoms in total. The maximum absolute atomic E-state index is 11.9. The Labute approximate surface area is 155 Å². The Morgan fingerprint density at radius 2 is 1.54 bits per heavy atom. The van der Waals surface area contributed by atoms with E-state index in [2.05, 4.69) is 27.7 Å². The van der Waals surface area contributed by atoms with E-state index in [1.54, 1.807) is 12.1 Å². The highest BCUT2D eigenvalue weighted by molar-refractivity contribution is 5.94. The number of hydrogen-bond acceptors (Lipinski definition) is 3. The summed E-state index contributed by atoms with van der Waals surface area (Å²) >= 11 is 0. The van der Waals surface area contributed by atoms with Gasteiger partial charge in [0.1, 0.15) is 0 Å². The Kier molecular flexibility index (Phi) is 7.83. The Balaban J connectivity index is 1.62. The highest BCUT2D eigenvalue weighted by atomic mass is 16.2. The number of rotatable bonds is 9. The fraction of sp³-hybridized carbons (Fsp3) is 0.333. The third-order valence-electron chi connectivity index (χ3n) is 3.91. The first-order valence-corrected chi connectivity index (χ1v) is 8.87. The monoisotopic (exact) mass is 353 g/mol. The Bertz CT molecular complexity index is 697. The lowest BCUT2D eigenvalue weighted by molar-refractivity contribution is -0.121. The van der Waals surface area contributed by atoms with Crippen molar-refractivity contribution in [3.8, 4) is 0 Å². The van der Waals surface area contributed by atoms with Gasteiger partial charge in [0.25, 0.3) is 5.91 Å². The lowest BCUT2D eigenvalue weighted by Crippen LogP contribution is -2.27. The van der Waals surface area contributed by atoms with Gasteiger partial charge in [0, 0.05) is 31.6 Å². The minimum Gasteiger partial charge on any atom is -0.352 e. The Morgan fingerprint density at radius 1 is 0.885 bits per heavy atom. The summed E-state index contributed by atoms with van der Waals surface area (Å²) in [6.07, 6.45) is 1.01. The highest BCUT2D eigenvalue weighted by Crippen LogP contribution is 2.06. The predicted molar refractivity (Wildman–Crippen MR) is 104 cm³/mol. The third-order valence-corrected chi connectivity index (χ3v) is 3.91. The van der Waals surface area contributed by atoms with E-state index in [4.69, 9.17) is 0 Å². The summed E-state index contributed by atoms with van der Waals surface area (Å²) in [6.45, 7) is 1.92. The molecule has 138 valence electrons. The number of carbonyl (C=O) groups excluding carboxylic acids is 2. The fourth-order valence-electron chi connectivity index (χ4n) is 2.56. The molecule has 0 unspecified atom stereocenters. The van der Waals surface area contributed by atoms with Crippen LogP contribution in [0.3, 0.4) is 0 Å². The van der Waals surface area contributed by atoms with E-state index in [0.717, 1.165) is 12.1 Å². The molecule has 2 amide bonds. The van der Waals surface area contributed by atoms with Gasteiger partial charge in [0.05, 0.1) is 0 Å². The molecule has 5 heteroatoms. The molecule has 0 radical (unpaired) electrons. The minimum atomic E-state index is -0.108. The highest BCUT2D eigenvalue weighted by Gasteiger charge is 2.05. The van der Waals surface area contributed by atoms with Crippen molar-refractivity contribution >= 4 is 11.8 Å². The van der Waals surface area contributed by atoms with Crippen molar-refractivity contribution in [3.63, 3.8) is 0 Å². The number of nitrogens with one attached hydrogen (secondary N) is 2. The molecule has 0 aromatic heterocycles. The number of benzene rings is 2. The first-order chi connectivity index (χ1) is 12.5. The molecule has 2 aromatic carbocycles. The van der Waals surface area contributed by atoms with E-state index in [-0.39, 0.29) is 11.8 Å². The van der Waals surface area contributed by atoms with Crippen molar-refractivity contribution < 1.29 is 9.59 Å². The summed E-state index contributed by atoms with van der Waals surface area (Å²) in [5, 5.41) is 5.74. The van der Waals surface area contributed by atoms with Crippen molar-refractivity contribution in [2.24, 2.45) is 0 Å². The van der Waals surface area contributed by atoms with Gasteiger partial charge in [-0.1, -0.05) is 42.5 Å². The van der Waals surface area contributed by atoms with Crippen molar-refractivity contribution in [1.29, 1.82) is 0 Å². The van der Waals surface area contributed by atoms with Crippen LogP contribution in [0.25, 0.3) is 0 Å². The van der Waals surface area contributed by atoms with Crippen molar-refractivity contribution in [1.82, 2.24) is 15.5 Å². The zero-order chi connectivity index (χ0) is 18.8. The van der Waals surface area contributed by atoms with E-state index >= 15 is 0 Å². The molecule has 2 rings (SSSR count). The fourth-order valence-corrected chi connectivity index (χ4v) is 2.56. The van der Waals surface area contributed by atoms with Gasteiger partial charge in [-0.3, -0.25) is 9.59 Å². The Hall–Kier alpha value is -2.66. The van der Waals surface area contributed by atoms with Gasteiger partial charge in [0.15, 0.2) is 0 Å². The molecular formula is C21H27N3O2. The van der Waals surface area contributed by atoms with E-state index in [1.165, 1.54) is 5.56 Å². The van der Waals surface area contributed by atoms with Gasteiger partial charge in [-0.05, 0) is 43.8 Å². The molecule has 0 bridgehead atoms. The van der Waals surface area contributed by atoms with Crippen LogP contribution in [-0.2, 0) is 17.9 Å².